The van der Waals surface area contributed by atoms with Gasteiger partial charge in [-0.25, -0.2) is 4.98 Å². The van der Waals surface area contributed by atoms with Crippen molar-refractivity contribution >= 4 is 23.8 Å². The van der Waals surface area contributed by atoms with Crippen LogP contribution in [0.3, 0.4) is 0 Å². The molecule has 2 aromatic rings. The molecule has 2 nitrogen and oxygen atoms in total. The maximum Gasteiger partial charge on any atom is 0.129 e. The molecule has 0 saturated heterocycles. The molecule has 0 fully saturated rings. The fourth-order valence-corrected chi connectivity index (χ4v) is 2.04. The van der Waals surface area contributed by atoms with Gasteiger partial charge in [0.1, 0.15) is 10.5 Å². The van der Waals surface area contributed by atoms with Crippen molar-refractivity contribution in [1.82, 2.24) is 9.97 Å². The third kappa shape index (κ3) is 2.68. The Balaban J connectivity index is 2.34. The van der Waals surface area contributed by atoms with Gasteiger partial charge in [-0.2, -0.15) is 0 Å². The van der Waals surface area contributed by atoms with Crippen LogP contribution in [-0.2, 0) is 6.42 Å². The third-order valence-electron chi connectivity index (χ3n) is 2.24. The first-order chi connectivity index (χ1) is 7.65. The van der Waals surface area contributed by atoms with Crippen LogP contribution >= 0.6 is 23.8 Å². The Morgan fingerprint density at radius 2 is 2.12 bits per heavy atom. The Kier molecular flexibility index (Phi) is 3.36. The average molecular weight is 251 g/mol. The summed E-state index contributed by atoms with van der Waals surface area (Å²) in [6, 6.07) is 9.58. The number of nitrogens with one attached hydrogen (secondary N) is 1. The first-order valence-corrected chi connectivity index (χ1v) is 5.74. The molecule has 0 unspecified atom stereocenters. The number of aryl methyl sites for hydroxylation is 1. The van der Waals surface area contributed by atoms with E-state index in [9.17, 15) is 0 Å². The lowest BCUT2D eigenvalue weighted by Gasteiger charge is -2.04. The molecule has 1 heterocycles. The summed E-state index contributed by atoms with van der Waals surface area (Å²) in [6.45, 7) is 1.97. The summed E-state index contributed by atoms with van der Waals surface area (Å²) in [6.07, 6.45) is 0.672. The highest BCUT2D eigenvalue weighted by Gasteiger charge is 2.02. The Morgan fingerprint density at radius 3 is 2.81 bits per heavy atom. The second kappa shape index (κ2) is 4.76. The molecule has 0 amide bonds. The number of aromatic nitrogens is 2. The molecule has 0 saturated carbocycles. The van der Waals surface area contributed by atoms with E-state index >= 15 is 0 Å². The molecule has 1 aromatic carbocycles. The fourth-order valence-electron chi connectivity index (χ4n) is 1.55. The van der Waals surface area contributed by atoms with Gasteiger partial charge in [0.05, 0.1) is 0 Å². The van der Waals surface area contributed by atoms with Crippen molar-refractivity contribution in [2.45, 2.75) is 13.3 Å². The zero-order valence-electron chi connectivity index (χ0n) is 8.83. The van der Waals surface area contributed by atoms with Crippen LogP contribution in [0.15, 0.2) is 30.3 Å². The van der Waals surface area contributed by atoms with Crippen molar-refractivity contribution in [2.24, 2.45) is 0 Å². The Bertz CT molecular complexity index is 563. The molecule has 0 aliphatic heterocycles. The number of H-pyrrole nitrogens is 1. The molecule has 0 aliphatic rings. The number of aromatic amines is 1. The smallest absolute Gasteiger partial charge is 0.129 e. The lowest BCUT2D eigenvalue weighted by molar-refractivity contribution is 0.935. The predicted octanol–water partition coefficient (Wildman–Crippen LogP) is 3.69. The largest absolute Gasteiger partial charge is 0.347 e. The third-order valence-corrected chi connectivity index (χ3v) is 2.82. The second-order valence-corrected chi connectivity index (χ2v) is 4.44. The summed E-state index contributed by atoms with van der Waals surface area (Å²) in [5.74, 6) is 0.845. The molecule has 1 aromatic heterocycles. The quantitative estimate of drug-likeness (QED) is 0.824. The van der Waals surface area contributed by atoms with E-state index < -0.39 is 0 Å². The van der Waals surface area contributed by atoms with Gasteiger partial charge >= 0.3 is 0 Å². The van der Waals surface area contributed by atoms with Crippen LogP contribution in [-0.4, -0.2) is 9.97 Å². The SMILES string of the molecule is Cc1cc(=S)nc(Cc2ccccc2Cl)[nH]1. The number of benzene rings is 1. The molecule has 0 radical (unpaired) electrons. The highest BCUT2D eigenvalue weighted by Crippen LogP contribution is 2.17. The van der Waals surface area contributed by atoms with E-state index in [2.05, 4.69) is 9.97 Å². The van der Waals surface area contributed by atoms with Gasteiger partial charge in [-0.05, 0) is 24.6 Å². The summed E-state index contributed by atoms with van der Waals surface area (Å²) < 4.78 is 0.610. The van der Waals surface area contributed by atoms with Gasteiger partial charge < -0.3 is 4.98 Å². The summed E-state index contributed by atoms with van der Waals surface area (Å²) in [5, 5.41) is 0.755. The standard InChI is InChI=1S/C12H11ClN2S/c1-8-6-12(16)15-11(14-8)7-9-4-2-3-5-10(9)13/h2-6H,7H2,1H3,(H,14,15,16). The number of halogens is 1. The van der Waals surface area contributed by atoms with E-state index in [0.29, 0.717) is 11.1 Å². The second-order valence-electron chi connectivity index (χ2n) is 3.62. The van der Waals surface area contributed by atoms with Crippen LogP contribution in [0.2, 0.25) is 5.02 Å². The van der Waals surface area contributed by atoms with Crippen LogP contribution in [0.5, 0.6) is 0 Å². The molecule has 0 aliphatic carbocycles. The summed E-state index contributed by atoms with van der Waals surface area (Å²) in [5.41, 5.74) is 2.06. The minimum absolute atomic E-state index is 0.610. The molecular weight excluding hydrogens is 240 g/mol. The molecule has 0 bridgehead atoms. The van der Waals surface area contributed by atoms with Gasteiger partial charge in [0.2, 0.25) is 0 Å². The molecule has 1 N–H and O–H groups in total. The summed E-state index contributed by atoms with van der Waals surface area (Å²) in [7, 11) is 0. The maximum absolute atomic E-state index is 6.09. The van der Waals surface area contributed by atoms with Gasteiger partial charge in [-0.1, -0.05) is 42.0 Å². The van der Waals surface area contributed by atoms with Gasteiger partial charge in [-0.15, -0.1) is 0 Å². The number of hydrogen-bond acceptors (Lipinski definition) is 2. The van der Waals surface area contributed by atoms with E-state index in [1.807, 2.05) is 37.3 Å². The van der Waals surface area contributed by atoms with Crippen LogP contribution in [0.4, 0.5) is 0 Å². The number of hydrogen-bond donors (Lipinski definition) is 1. The van der Waals surface area contributed by atoms with Crippen molar-refractivity contribution < 1.29 is 0 Å². The molecule has 4 heteroatoms. The Hall–Kier alpha value is -1.19. The Morgan fingerprint density at radius 1 is 1.38 bits per heavy atom. The lowest BCUT2D eigenvalue weighted by atomic mass is 10.1. The summed E-state index contributed by atoms with van der Waals surface area (Å²) >= 11 is 11.2. The van der Waals surface area contributed by atoms with Gasteiger partial charge in [0, 0.05) is 17.1 Å². The van der Waals surface area contributed by atoms with Gasteiger partial charge in [-0.3, -0.25) is 0 Å². The molecule has 2 rings (SSSR count). The minimum atomic E-state index is 0.610. The zero-order chi connectivity index (χ0) is 11.5. The van der Waals surface area contributed by atoms with Gasteiger partial charge in [0.15, 0.2) is 0 Å². The van der Waals surface area contributed by atoms with Crippen molar-refractivity contribution in [3.63, 3.8) is 0 Å². The van der Waals surface area contributed by atoms with Crippen molar-refractivity contribution in [3.8, 4) is 0 Å². The zero-order valence-corrected chi connectivity index (χ0v) is 10.4. The molecule has 0 spiro atoms. The van der Waals surface area contributed by atoms with E-state index in [-0.39, 0.29) is 0 Å². The Labute approximate surface area is 104 Å². The van der Waals surface area contributed by atoms with Crippen LogP contribution in [0.25, 0.3) is 0 Å². The summed E-state index contributed by atoms with van der Waals surface area (Å²) in [4.78, 5) is 7.46. The highest BCUT2D eigenvalue weighted by molar-refractivity contribution is 7.71. The van der Waals surface area contributed by atoms with E-state index in [1.54, 1.807) is 0 Å². The van der Waals surface area contributed by atoms with Crippen LogP contribution in [0, 0.1) is 11.6 Å². The first kappa shape index (κ1) is 11.3. The van der Waals surface area contributed by atoms with Crippen molar-refractivity contribution in [1.29, 1.82) is 0 Å². The van der Waals surface area contributed by atoms with Crippen LogP contribution < -0.4 is 0 Å². The molecular formula is C12H11ClN2S. The minimum Gasteiger partial charge on any atom is -0.347 e. The molecule has 0 atom stereocenters. The predicted molar refractivity (Wildman–Crippen MR) is 68.4 cm³/mol. The van der Waals surface area contributed by atoms with E-state index in [1.165, 1.54) is 0 Å². The monoisotopic (exact) mass is 250 g/mol. The van der Waals surface area contributed by atoms with Gasteiger partial charge in [0.25, 0.3) is 0 Å². The maximum atomic E-state index is 6.09. The topological polar surface area (TPSA) is 28.7 Å². The lowest BCUT2D eigenvalue weighted by Crippen LogP contribution is -1.98. The average Bonchev–Trinajstić information content (AvgIpc) is 2.20. The highest BCUT2D eigenvalue weighted by atomic mass is 35.5. The normalized spacial score (nSPS) is 10.4. The molecule has 16 heavy (non-hydrogen) atoms. The van der Waals surface area contributed by atoms with Crippen molar-refractivity contribution in [3.05, 3.63) is 57.1 Å². The number of rotatable bonds is 2. The van der Waals surface area contributed by atoms with Crippen molar-refractivity contribution in [2.75, 3.05) is 0 Å². The fraction of sp³-hybridized carbons (Fsp3) is 0.167. The van der Waals surface area contributed by atoms with E-state index in [0.717, 1.165) is 22.1 Å². The van der Waals surface area contributed by atoms with E-state index in [4.69, 9.17) is 23.8 Å². The number of nitrogens with zero attached hydrogens (tertiary/aromatic N) is 1. The van der Waals surface area contributed by atoms with Crippen LogP contribution in [0.1, 0.15) is 17.1 Å². The molecule has 82 valence electrons. The first-order valence-electron chi connectivity index (χ1n) is 4.95.